The van der Waals surface area contributed by atoms with Gasteiger partial charge in [-0.1, -0.05) is 11.6 Å². The van der Waals surface area contributed by atoms with Gasteiger partial charge in [-0.2, -0.15) is 0 Å². The predicted octanol–water partition coefficient (Wildman–Crippen LogP) is 4.26. The molecule has 0 aliphatic rings. The van der Waals surface area contributed by atoms with Crippen LogP contribution in [0, 0.1) is 0 Å². The predicted molar refractivity (Wildman–Crippen MR) is 90.9 cm³/mol. The lowest BCUT2D eigenvalue weighted by Crippen LogP contribution is -1.96. The molecule has 2 aromatic carbocycles. The van der Waals surface area contributed by atoms with E-state index in [4.69, 9.17) is 25.8 Å². The smallest absolute Gasteiger partial charge is 0.185 e. The van der Waals surface area contributed by atoms with E-state index in [1.165, 1.54) is 6.08 Å². The minimum atomic E-state index is -0.137. The Balaban J connectivity index is 2.34. The highest BCUT2D eigenvalue weighted by Gasteiger charge is 2.11. The number of halogens is 1. The van der Waals surface area contributed by atoms with Crippen molar-refractivity contribution >= 4 is 23.5 Å². The molecule has 0 aliphatic carbocycles. The molecule has 0 spiro atoms. The van der Waals surface area contributed by atoms with Gasteiger partial charge in [0, 0.05) is 22.7 Å². The highest BCUT2D eigenvalue weighted by molar-refractivity contribution is 6.30. The summed E-state index contributed by atoms with van der Waals surface area (Å²) in [6.07, 6.45) is 3.13. The van der Waals surface area contributed by atoms with Crippen LogP contribution in [0.2, 0.25) is 5.02 Å². The van der Waals surface area contributed by atoms with Crippen LogP contribution in [0.3, 0.4) is 0 Å². The number of allylic oxidation sites excluding steroid dienone is 1. The molecule has 5 heteroatoms. The van der Waals surface area contributed by atoms with Gasteiger partial charge in [0.1, 0.15) is 17.2 Å². The number of ether oxygens (including phenoxy) is 3. The maximum Gasteiger partial charge on any atom is 0.185 e. The fourth-order valence-corrected chi connectivity index (χ4v) is 2.19. The Kier molecular flexibility index (Phi) is 5.66. The molecule has 0 aliphatic heterocycles. The van der Waals surface area contributed by atoms with Crippen molar-refractivity contribution in [2.75, 3.05) is 21.3 Å². The minimum absolute atomic E-state index is 0.137. The number of rotatable bonds is 6. The molecular formula is C18H17ClO4. The highest BCUT2D eigenvalue weighted by atomic mass is 35.5. The summed E-state index contributed by atoms with van der Waals surface area (Å²) in [5, 5.41) is 0.587. The molecule has 23 heavy (non-hydrogen) atoms. The van der Waals surface area contributed by atoms with E-state index < -0.39 is 0 Å². The quantitative estimate of drug-likeness (QED) is 0.585. The van der Waals surface area contributed by atoms with E-state index in [0.29, 0.717) is 33.4 Å². The van der Waals surface area contributed by atoms with Crippen molar-refractivity contribution in [3.63, 3.8) is 0 Å². The summed E-state index contributed by atoms with van der Waals surface area (Å²) in [5.41, 5.74) is 1.22. The van der Waals surface area contributed by atoms with Crippen molar-refractivity contribution in [2.24, 2.45) is 0 Å². The minimum Gasteiger partial charge on any atom is -0.496 e. The summed E-state index contributed by atoms with van der Waals surface area (Å²) < 4.78 is 15.9. The number of hydrogen-bond donors (Lipinski definition) is 0. The topological polar surface area (TPSA) is 44.8 Å². The number of hydrogen-bond acceptors (Lipinski definition) is 4. The van der Waals surface area contributed by atoms with Crippen LogP contribution in [-0.4, -0.2) is 27.1 Å². The van der Waals surface area contributed by atoms with Crippen LogP contribution >= 0.6 is 11.6 Å². The number of methoxy groups -OCH3 is 3. The molecule has 120 valence electrons. The van der Waals surface area contributed by atoms with Gasteiger partial charge in [-0.05, 0) is 36.4 Å². The van der Waals surface area contributed by atoms with E-state index in [-0.39, 0.29) is 5.78 Å². The van der Waals surface area contributed by atoms with Gasteiger partial charge >= 0.3 is 0 Å². The third-order valence-corrected chi connectivity index (χ3v) is 3.54. The molecule has 0 saturated heterocycles. The monoisotopic (exact) mass is 332 g/mol. The Labute approximate surface area is 140 Å². The average molecular weight is 333 g/mol. The summed E-state index contributed by atoms with van der Waals surface area (Å²) >= 11 is 5.82. The van der Waals surface area contributed by atoms with Crippen LogP contribution in [0.4, 0.5) is 0 Å². The van der Waals surface area contributed by atoms with Crippen molar-refractivity contribution in [2.45, 2.75) is 0 Å². The summed E-state index contributed by atoms with van der Waals surface area (Å²) in [7, 11) is 4.66. The zero-order valence-electron chi connectivity index (χ0n) is 13.1. The zero-order valence-corrected chi connectivity index (χ0v) is 13.9. The lowest BCUT2D eigenvalue weighted by molar-refractivity contribution is 0.104. The van der Waals surface area contributed by atoms with E-state index in [0.717, 1.165) is 0 Å². The second-order valence-corrected chi connectivity index (χ2v) is 5.09. The van der Waals surface area contributed by atoms with Gasteiger partial charge in [0.2, 0.25) is 0 Å². The molecule has 2 rings (SSSR count). The molecule has 0 heterocycles. The standard InChI is InChI=1S/C18H17ClO4/c1-21-14-10-17(22-2)15(18(11-14)23-3)8-9-16(20)12-4-6-13(19)7-5-12/h4-11H,1-3H3/b9-8+. The van der Waals surface area contributed by atoms with Gasteiger partial charge in [-0.15, -0.1) is 0 Å². The van der Waals surface area contributed by atoms with Crippen LogP contribution in [0.5, 0.6) is 17.2 Å². The van der Waals surface area contributed by atoms with Gasteiger partial charge in [0.15, 0.2) is 5.78 Å². The Hall–Kier alpha value is -2.46. The Morgan fingerprint density at radius 1 is 0.957 bits per heavy atom. The number of benzene rings is 2. The summed E-state index contributed by atoms with van der Waals surface area (Å²) in [4.78, 5) is 12.2. The second kappa shape index (κ2) is 7.70. The Morgan fingerprint density at radius 2 is 1.52 bits per heavy atom. The lowest BCUT2D eigenvalue weighted by Gasteiger charge is -2.12. The first-order valence-corrected chi connectivity index (χ1v) is 7.24. The average Bonchev–Trinajstić information content (AvgIpc) is 2.59. The fraction of sp³-hybridized carbons (Fsp3) is 0.167. The third kappa shape index (κ3) is 4.05. The third-order valence-electron chi connectivity index (χ3n) is 3.28. The first-order valence-electron chi connectivity index (χ1n) is 6.87. The molecule has 2 aromatic rings. The molecule has 0 N–H and O–H groups in total. The van der Waals surface area contributed by atoms with Crippen LogP contribution in [0.15, 0.2) is 42.5 Å². The van der Waals surface area contributed by atoms with Gasteiger partial charge in [0.05, 0.1) is 26.9 Å². The van der Waals surface area contributed by atoms with Crippen LogP contribution in [0.25, 0.3) is 6.08 Å². The number of carbonyl (C=O) groups excluding carboxylic acids is 1. The fourth-order valence-electron chi connectivity index (χ4n) is 2.07. The maximum absolute atomic E-state index is 12.2. The first kappa shape index (κ1) is 16.9. The normalized spacial score (nSPS) is 10.6. The lowest BCUT2D eigenvalue weighted by atomic mass is 10.1. The zero-order chi connectivity index (χ0) is 16.8. The largest absolute Gasteiger partial charge is 0.496 e. The number of carbonyl (C=O) groups is 1. The highest BCUT2D eigenvalue weighted by Crippen LogP contribution is 2.35. The van der Waals surface area contributed by atoms with E-state index >= 15 is 0 Å². The van der Waals surface area contributed by atoms with Crippen molar-refractivity contribution in [1.82, 2.24) is 0 Å². The first-order chi connectivity index (χ1) is 11.1. The second-order valence-electron chi connectivity index (χ2n) is 4.65. The maximum atomic E-state index is 12.2. The summed E-state index contributed by atoms with van der Waals surface area (Å²) in [6.45, 7) is 0. The van der Waals surface area contributed by atoms with Crippen LogP contribution < -0.4 is 14.2 Å². The van der Waals surface area contributed by atoms with Crippen LogP contribution in [-0.2, 0) is 0 Å². The molecule has 0 aromatic heterocycles. The molecule has 0 atom stereocenters. The van der Waals surface area contributed by atoms with E-state index in [1.807, 2.05) is 0 Å². The Bertz CT molecular complexity index is 695. The summed E-state index contributed by atoms with van der Waals surface area (Å²) in [6, 6.07) is 10.2. The van der Waals surface area contributed by atoms with E-state index in [9.17, 15) is 4.79 Å². The molecule has 0 bridgehead atoms. The van der Waals surface area contributed by atoms with Gasteiger partial charge in [-0.3, -0.25) is 4.79 Å². The van der Waals surface area contributed by atoms with E-state index in [1.54, 1.807) is 63.8 Å². The van der Waals surface area contributed by atoms with Crippen molar-refractivity contribution in [3.8, 4) is 17.2 Å². The van der Waals surface area contributed by atoms with E-state index in [2.05, 4.69) is 0 Å². The Morgan fingerprint density at radius 3 is 2.00 bits per heavy atom. The molecular weight excluding hydrogens is 316 g/mol. The molecule has 0 unspecified atom stereocenters. The van der Waals surface area contributed by atoms with Crippen molar-refractivity contribution in [1.29, 1.82) is 0 Å². The molecule has 0 saturated carbocycles. The van der Waals surface area contributed by atoms with Crippen LogP contribution in [0.1, 0.15) is 15.9 Å². The van der Waals surface area contributed by atoms with Gasteiger partial charge < -0.3 is 14.2 Å². The molecule has 0 fully saturated rings. The van der Waals surface area contributed by atoms with Crippen molar-refractivity contribution < 1.29 is 19.0 Å². The number of ketones is 1. The molecule has 0 amide bonds. The molecule has 4 nitrogen and oxygen atoms in total. The summed E-state index contributed by atoms with van der Waals surface area (Å²) in [5.74, 6) is 1.59. The SMILES string of the molecule is COc1cc(OC)c(/C=C/C(=O)c2ccc(Cl)cc2)c(OC)c1. The molecule has 0 radical (unpaired) electrons. The van der Waals surface area contributed by atoms with Crippen molar-refractivity contribution in [3.05, 3.63) is 58.6 Å². The van der Waals surface area contributed by atoms with Gasteiger partial charge in [-0.25, -0.2) is 0 Å². The van der Waals surface area contributed by atoms with Gasteiger partial charge in [0.25, 0.3) is 0 Å².